The third-order valence-corrected chi connectivity index (χ3v) is 3.43. The lowest BCUT2D eigenvalue weighted by molar-refractivity contribution is 0.0182. The van der Waals surface area contributed by atoms with Crippen LogP contribution in [-0.4, -0.2) is 11.4 Å². The molecule has 0 bridgehead atoms. The van der Waals surface area contributed by atoms with Gasteiger partial charge in [-0.15, -0.1) is 0 Å². The Hall–Kier alpha value is -0.550. The second-order valence-electron chi connectivity index (χ2n) is 3.78. The molecule has 0 amide bonds. The quantitative estimate of drug-likeness (QED) is 0.567. The van der Waals surface area contributed by atoms with Crippen molar-refractivity contribution in [3.8, 4) is 0 Å². The average Bonchev–Trinajstić information content (AvgIpc) is 2.25. The predicted molar refractivity (Wildman–Crippen MR) is 57.0 cm³/mol. The van der Waals surface area contributed by atoms with Crippen LogP contribution in [0.3, 0.4) is 0 Å². The number of rotatable bonds is 1. The van der Waals surface area contributed by atoms with Crippen LogP contribution in [0.4, 0.5) is 13.2 Å². The Morgan fingerprint density at radius 2 is 1.81 bits per heavy atom. The zero-order chi connectivity index (χ0) is 11.7. The van der Waals surface area contributed by atoms with E-state index in [-0.39, 0.29) is 10.9 Å². The van der Waals surface area contributed by atoms with Crippen molar-refractivity contribution in [2.45, 2.75) is 23.8 Å². The summed E-state index contributed by atoms with van der Waals surface area (Å²) in [6.07, 6.45) is 1.12. The maximum Gasteiger partial charge on any atom is 0.194 e. The highest BCUT2D eigenvalue weighted by atomic mass is 79.9. The fraction of sp³-hybridized carbons (Fsp3) is 0.455. The molecule has 0 radical (unpaired) electrons. The molecule has 1 aromatic rings. The lowest BCUT2D eigenvalue weighted by Gasteiger charge is -2.26. The molecule has 1 aromatic carbocycles. The highest BCUT2D eigenvalue weighted by Gasteiger charge is 2.24. The number of hydrogen-bond acceptors (Lipinski definition) is 1. The van der Waals surface area contributed by atoms with Crippen molar-refractivity contribution in [2.75, 3.05) is 6.61 Å². The van der Waals surface area contributed by atoms with Gasteiger partial charge in [-0.3, -0.25) is 0 Å². The van der Waals surface area contributed by atoms with Gasteiger partial charge < -0.3 is 4.74 Å². The van der Waals surface area contributed by atoms with Crippen LogP contribution >= 0.6 is 15.9 Å². The average molecular weight is 295 g/mol. The summed E-state index contributed by atoms with van der Waals surface area (Å²) < 4.78 is 44.2. The summed E-state index contributed by atoms with van der Waals surface area (Å²) in [5, 5.41) is 0. The summed E-state index contributed by atoms with van der Waals surface area (Å²) >= 11 is 3.44. The minimum Gasteiger partial charge on any atom is -0.373 e. The predicted octanol–water partition coefficient (Wildman–Crippen LogP) is 3.72. The maximum atomic E-state index is 13.0. The topological polar surface area (TPSA) is 9.23 Å². The van der Waals surface area contributed by atoms with E-state index >= 15 is 0 Å². The van der Waals surface area contributed by atoms with Gasteiger partial charge in [-0.25, -0.2) is 13.2 Å². The van der Waals surface area contributed by atoms with Crippen LogP contribution in [0.1, 0.15) is 24.5 Å². The molecule has 1 nitrogen and oxygen atoms in total. The molecule has 1 fully saturated rings. The molecular formula is C11H10BrF3O. The highest BCUT2D eigenvalue weighted by Crippen LogP contribution is 2.32. The molecule has 16 heavy (non-hydrogen) atoms. The van der Waals surface area contributed by atoms with Gasteiger partial charge in [0.25, 0.3) is 0 Å². The second kappa shape index (κ2) is 4.75. The van der Waals surface area contributed by atoms with Crippen LogP contribution in [0, 0.1) is 17.5 Å². The fourth-order valence-corrected chi connectivity index (χ4v) is 2.28. The first kappa shape index (κ1) is 11.9. The molecule has 0 aliphatic carbocycles. The van der Waals surface area contributed by atoms with Gasteiger partial charge in [-0.05, 0) is 30.5 Å². The van der Waals surface area contributed by atoms with Crippen LogP contribution in [0.15, 0.2) is 12.1 Å². The molecule has 2 atom stereocenters. The Bertz CT molecular complexity index is 374. The molecule has 0 spiro atoms. The first-order valence-corrected chi connectivity index (χ1v) is 5.89. The largest absolute Gasteiger partial charge is 0.373 e. The Morgan fingerprint density at radius 3 is 2.38 bits per heavy atom. The van der Waals surface area contributed by atoms with Gasteiger partial charge in [0.15, 0.2) is 17.5 Å². The highest BCUT2D eigenvalue weighted by molar-refractivity contribution is 9.09. The Labute approximate surface area is 99.7 Å². The van der Waals surface area contributed by atoms with Crippen LogP contribution in [-0.2, 0) is 4.74 Å². The van der Waals surface area contributed by atoms with Crippen molar-refractivity contribution < 1.29 is 17.9 Å². The smallest absolute Gasteiger partial charge is 0.194 e. The molecule has 1 aliphatic heterocycles. The molecule has 0 saturated carbocycles. The summed E-state index contributed by atoms with van der Waals surface area (Å²) in [6, 6.07) is 1.99. The third-order valence-electron chi connectivity index (χ3n) is 2.60. The van der Waals surface area contributed by atoms with E-state index in [0.29, 0.717) is 18.6 Å². The molecule has 0 N–H and O–H groups in total. The van der Waals surface area contributed by atoms with Crippen molar-refractivity contribution in [3.63, 3.8) is 0 Å². The number of halogens is 4. The monoisotopic (exact) mass is 294 g/mol. The lowest BCUT2D eigenvalue weighted by atomic mass is 10.0. The molecule has 5 heteroatoms. The van der Waals surface area contributed by atoms with Crippen molar-refractivity contribution in [1.82, 2.24) is 0 Å². The number of ether oxygens (including phenoxy) is 1. The van der Waals surface area contributed by atoms with Gasteiger partial charge >= 0.3 is 0 Å². The van der Waals surface area contributed by atoms with Crippen LogP contribution in [0.5, 0.6) is 0 Å². The fourth-order valence-electron chi connectivity index (χ4n) is 1.75. The van der Waals surface area contributed by atoms with Crippen molar-refractivity contribution >= 4 is 15.9 Å². The van der Waals surface area contributed by atoms with Crippen LogP contribution < -0.4 is 0 Å². The second-order valence-corrected chi connectivity index (χ2v) is 5.07. The zero-order valence-corrected chi connectivity index (χ0v) is 9.94. The Balaban J connectivity index is 2.26. The van der Waals surface area contributed by atoms with Gasteiger partial charge in [-0.2, -0.15) is 0 Å². The zero-order valence-electron chi connectivity index (χ0n) is 8.35. The summed E-state index contributed by atoms with van der Waals surface area (Å²) in [6.45, 7) is 0.529. The van der Waals surface area contributed by atoms with E-state index in [1.54, 1.807) is 0 Å². The van der Waals surface area contributed by atoms with E-state index in [4.69, 9.17) is 4.74 Å². The normalized spacial score (nSPS) is 25.8. The van der Waals surface area contributed by atoms with E-state index in [1.165, 1.54) is 0 Å². The van der Waals surface area contributed by atoms with Crippen molar-refractivity contribution in [3.05, 3.63) is 35.1 Å². The van der Waals surface area contributed by atoms with E-state index in [1.807, 2.05) is 0 Å². The van der Waals surface area contributed by atoms with Gasteiger partial charge in [0.05, 0.1) is 6.10 Å². The molecule has 0 aromatic heterocycles. The summed E-state index contributed by atoms with van der Waals surface area (Å²) in [5.41, 5.74) is 0.348. The molecule has 2 unspecified atom stereocenters. The molecule has 2 rings (SSSR count). The van der Waals surface area contributed by atoms with Gasteiger partial charge in [0.2, 0.25) is 0 Å². The first-order valence-electron chi connectivity index (χ1n) is 4.98. The SMILES string of the molecule is Fc1cc(C2CC(Br)CCO2)cc(F)c1F. The standard InChI is InChI=1S/C11H10BrF3O/c12-7-1-2-16-10(5-7)6-3-8(13)11(15)9(14)4-6/h3-4,7,10H,1-2,5H2. The summed E-state index contributed by atoms with van der Waals surface area (Å²) in [7, 11) is 0. The molecule has 1 heterocycles. The van der Waals surface area contributed by atoms with Crippen molar-refractivity contribution in [2.24, 2.45) is 0 Å². The Morgan fingerprint density at radius 1 is 1.19 bits per heavy atom. The van der Waals surface area contributed by atoms with Gasteiger partial charge in [-0.1, -0.05) is 15.9 Å². The lowest BCUT2D eigenvalue weighted by Crippen LogP contribution is -2.20. The Kier molecular flexibility index (Phi) is 3.54. The summed E-state index contributed by atoms with van der Waals surface area (Å²) in [4.78, 5) is 0.266. The van der Waals surface area contributed by atoms with E-state index in [9.17, 15) is 13.2 Å². The van der Waals surface area contributed by atoms with Gasteiger partial charge in [0.1, 0.15) is 0 Å². The number of alkyl halides is 1. The van der Waals surface area contributed by atoms with Gasteiger partial charge in [0, 0.05) is 11.4 Å². The maximum absolute atomic E-state index is 13.0. The number of hydrogen-bond donors (Lipinski definition) is 0. The first-order chi connectivity index (χ1) is 7.58. The van der Waals surface area contributed by atoms with Crippen LogP contribution in [0.25, 0.3) is 0 Å². The minimum atomic E-state index is -1.44. The minimum absolute atomic E-state index is 0.266. The number of benzene rings is 1. The summed E-state index contributed by atoms with van der Waals surface area (Å²) in [5.74, 6) is -3.78. The van der Waals surface area contributed by atoms with Crippen molar-refractivity contribution in [1.29, 1.82) is 0 Å². The molecule has 1 aliphatic rings. The molecule has 88 valence electrons. The molecule has 1 saturated heterocycles. The van der Waals surface area contributed by atoms with E-state index < -0.39 is 17.5 Å². The van der Waals surface area contributed by atoms with E-state index in [0.717, 1.165) is 18.6 Å². The molecular weight excluding hydrogens is 285 g/mol. The van der Waals surface area contributed by atoms with E-state index in [2.05, 4.69) is 15.9 Å². The third kappa shape index (κ3) is 2.40. The van der Waals surface area contributed by atoms with Crippen LogP contribution in [0.2, 0.25) is 0 Å².